The van der Waals surface area contributed by atoms with E-state index in [1.807, 2.05) is 0 Å². The van der Waals surface area contributed by atoms with Crippen molar-refractivity contribution in [3.8, 4) is 11.4 Å². The minimum Gasteiger partial charge on any atom is -0.342 e. The zero-order valence-corrected chi connectivity index (χ0v) is 15.4. The summed E-state index contributed by atoms with van der Waals surface area (Å²) in [6.45, 7) is 1.01. The zero-order chi connectivity index (χ0) is 20.4. The van der Waals surface area contributed by atoms with Crippen LogP contribution < -0.4 is 11.2 Å². The van der Waals surface area contributed by atoms with Gasteiger partial charge in [-0.1, -0.05) is 5.16 Å². The fourth-order valence-corrected chi connectivity index (χ4v) is 3.38. The second kappa shape index (κ2) is 7.82. The van der Waals surface area contributed by atoms with E-state index in [9.17, 15) is 18.8 Å². The molecule has 0 saturated carbocycles. The van der Waals surface area contributed by atoms with Crippen LogP contribution in [0, 0.1) is 5.82 Å². The van der Waals surface area contributed by atoms with E-state index in [2.05, 4.69) is 20.1 Å². The van der Waals surface area contributed by atoms with E-state index in [1.54, 1.807) is 17.0 Å². The van der Waals surface area contributed by atoms with Crippen LogP contribution in [0.15, 0.2) is 44.4 Å². The molecule has 1 fully saturated rings. The van der Waals surface area contributed by atoms with Crippen LogP contribution >= 0.6 is 0 Å². The number of carbonyl (C=O) groups is 1. The summed E-state index contributed by atoms with van der Waals surface area (Å²) in [7, 11) is 0. The molecule has 2 aromatic heterocycles. The van der Waals surface area contributed by atoms with Crippen molar-refractivity contribution in [2.45, 2.75) is 25.2 Å². The maximum atomic E-state index is 13.0. The number of likely N-dealkylation sites (tertiary alicyclic amines) is 1. The molecule has 1 aliphatic heterocycles. The van der Waals surface area contributed by atoms with Gasteiger partial charge in [-0.05, 0) is 37.1 Å². The predicted molar refractivity (Wildman–Crippen MR) is 99.6 cm³/mol. The number of hydrogen-bond donors (Lipinski definition) is 2. The first-order valence-corrected chi connectivity index (χ1v) is 9.18. The lowest BCUT2D eigenvalue weighted by atomic mass is 9.96. The molecule has 0 atom stereocenters. The Kier molecular flexibility index (Phi) is 5.07. The number of halogens is 1. The molecule has 0 radical (unpaired) electrons. The highest BCUT2D eigenvalue weighted by Gasteiger charge is 2.27. The number of aromatic nitrogens is 4. The lowest BCUT2D eigenvalue weighted by Gasteiger charge is -2.30. The van der Waals surface area contributed by atoms with Crippen molar-refractivity contribution in [3.05, 3.63) is 68.6 Å². The lowest BCUT2D eigenvalue weighted by molar-refractivity contribution is -0.131. The van der Waals surface area contributed by atoms with E-state index >= 15 is 0 Å². The van der Waals surface area contributed by atoms with Gasteiger partial charge >= 0.3 is 5.69 Å². The molecular weight excluding hydrogens is 381 g/mol. The van der Waals surface area contributed by atoms with E-state index in [4.69, 9.17) is 4.52 Å². The highest BCUT2D eigenvalue weighted by molar-refractivity contribution is 5.78. The molecule has 0 unspecified atom stereocenters. The number of nitrogens with one attached hydrogen (secondary N) is 2. The number of hydrogen-bond acceptors (Lipinski definition) is 6. The Bertz CT molecular complexity index is 1100. The number of rotatable bonds is 4. The second-order valence-corrected chi connectivity index (χ2v) is 6.91. The minimum atomic E-state index is -0.632. The first kappa shape index (κ1) is 18.8. The summed E-state index contributed by atoms with van der Waals surface area (Å²) in [6, 6.07) is 7.06. The highest BCUT2D eigenvalue weighted by atomic mass is 19.1. The average Bonchev–Trinajstić information content (AvgIpc) is 3.18. The van der Waals surface area contributed by atoms with Gasteiger partial charge in [0.05, 0.1) is 6.42 Å². The molecule has 9 nitrogen and oxygen atoms in total. The Morgan fingerprint density at radius 1 is 1.17 bits per heavy atom. The van der Waals surface area contributed by atoms with Crippen LogP contribution in [0.1, 0.15) is 30.3 Å². The van der Waals surface area contributed by atoms with Crippen molar-refractivity contribution < 1.29 is 13.7 Å². The Labute approximate surface area is 163 Å². The van der Waals surface area contributed by atoms with Gasteiger partial charge in [0, 0.05) is 36.3 Å². The van der Waals surface area contributed by atoms with Crippen molar-refractivity contribution in [3.63, 3.8) is 0 Å². The minimum absolute atomic E-state index is 0.0279. The normalized spacial score (nSPS) is 14.9. The van der Waals surface area contributed by atoms with Gasteiger partial charge in [-0.25, -0.2) is 9.18 Å². The summed E-state index contributed by atoms with van der Waals surface area (Å²) in [5, 5.41) is 3.96. The van der Waals surface area contributed by atoms with Gasteiger partial charge in [-0.3, -0.25) is 14.6 Å². The van der Waals surface area contributed by atoms with Crippen LogP contribution in [-0.4, -0.2) is 44.0 Å². The molecule has 150 valence electrons. The molecule has 1 aromatic carbocycles. The largest absolute Gasteiger partial charge is 0.342 e. The van der Waals surface area contributed by atoms with Gasteiger partial charge in [0.2, 0.25) is 17.6 Å². The lowest BCUT2D eigenvalue weighted by Crippen LogP contribution is -2.39. The quantitative estimate of drug-likeness (QED) is 0.679. The van der Waals surface area contributed by atoms with E-state index in [1.165, 1.54) is 18.2 Å². The smallest absolute Gasteiger partial charge is 0.325 e. The molecule has 3 heterocycles. The molecule has 0 aliphatic carbocycles. The Morgan fingerprint density at radius 2 is 1.90 bits per heavy atom. The van der Waals surface area contributed by atoms with Crippen molar-refractivity contribution in [2.24, 2.45) is 0 Å². The van der Waals surface area contributed by atoms with Crippen molar-refractivity contribution in [1.29, 1.82) is 0 Å². The van der Waals surface area contributed by atoms with Crippen molar-refractivity contribution in [1.82, 2.24) is 25.0 Å². The van der Waals surface area contributed by atoms with Crippen LogP contribution in [0.2, 0.25) is 0 Å². The first-order chi connectivity index (χ1) is 14.0. The topological polar surface area (TPSA) is 125 Å². The molecule has 2 N–H and O–H groups in total. The maximum Gasteiger partial charge on any atom is 0.325 e. The molecule has 4 rings (SSSR count). The molecule has 1 amide bonds. The predicted octanol–water partition coefficient (Wildman–Crippen LogP) is 1.20. The van der Waals surface area contributed by atoms with Gasteiger partial charge in [0.1, 0.15) is 5.82 Å². The number of piperidine rings is 1. The Morgan fingerprint density at radius 3 is 2.59 bits per heavy atom. The summed E-state index contributed by atoms with van der Waals surface area (Å²) in [6.07, 6.45) is 1.27. The maximum absolute atomic E-state index is 13.0. The number of aromatic amines is 2. The van der Waals surface area contributed by atoms with Crippen LogP contribution in [0.4, 0.5) is 4.39 Å². The summed E-state index contributed by atoms with van der Waals surface area (Å²) in [4.78, 5) is 45.7. The van der Waals surface area contributed by atoms with Gasteiger partial charge in [-0.15, -0.1) is 0 Å². The van der Waals surface area contributed by atoms with E-state index in [0.717, 1.165) is 0 Å². The zero-order valence-electron chi connectivity index (χ0n) is 15.4. The van der Waals surface area contributed by atoms with E-state index < -0.39 is 11.2 Å². The summed E-state index contributed by atoms with van der Waals surface area (Å²) >= 11 is 0. The van der Waals surface area contributed by atoms with Crippen LogP contribution in [0.5, 0.6) is 0 Å². The summed E-state index contributed by atoms with van der Waals surface area (Å²) in [5.74, 6) is 0.424. The Balaban J connectivity index is 1.37. The second-order valence-electron chi connectivity index (χ2n) is 6.91. The standard InChI is InChI=1S/C19H18FN5O4/c20-13-3-1-11(2-4-13)17-23-18(29-24-17)12-5-7-25(8-6-12)16(27)10-14-9-15(26)22-19(28)21-14/h1-4,9,12H,5-8,10H2,(H2,21,22,26,28). The highest BCUT2D eigenvalue weighted by Crippen LogP contribution is 2.28. The molecule has 1 aliphatic rings. The number of nitrogens with zero attached hydrogens (tertiary/aromatic N) is 3. The molecule has 3 aromatic rings. The third-order valence-electron chi connectivity index (χ3n) is 4.90. The van der Waals surface area contributed by atoms with Gasteiger partial charge < -0.3 is 14.4 Å². The summed E-state index contributed by atoms with van der Waals surface area (Å²) < 4.78 is 18.4. The van der Waals surface area contributed by atoms with Crippen molar-refractivity contribution >= 4 is 5.91 Å². The molecule has 0 spiro atoms. The van der Waals surface area contributed by atoms with Crippen molar-refractivity contribution in [2.75, 3.05) is 13.1 Å². The fraction of sp³-hybridized carbons (Fsp3) is 0.316. The van der Waals surface area contributed by atoms with E-state index in [-0.39, 0.29) is 29.8 Å². The first-order valence-electron chi connectivity index (χ1n) is 9.18. The molecule has 1 saturated heterocycles. The van der Waals surface area contributed by atoms with Gasteiger partial charge in [0.25, 0.3) is 5.56 Å². The average molecular weight is 399 g/mol. The third-order valence-corrected chi connectivity index (χ3v) is 4.90. The van der Waals surface area contributed by atoms with Crippen LogP contribution in [-0.2, 0) is 11.2 Å². The van der Waals surface area contributed by atoms with E-state index in [0.29, 0.717) is 43.2 Å². The summed E-state index contributed by atoms with van der Waals surface area (Å²) in [5.41, 5.74) is -0.219. The third kappa shape index (κ3) is 4.31. The van der Waals surface area contributed by atoms with Gasteiger partial charge in [-0.2, -0.15) is 4.98 Å². The molecule has 0 bridgehead atoms. The number of amides is 1. The SMILES string of the molecule is O=C(Cc1cc(=O)[nH]c(=O)[nH]1)N1CCC(c2nc(-c3ccc(F)cc3)no2)CC1. The fourth-order valence-electron chi connectivity index (χ4n) is 3.38. The number of benzene rings is 1. The van der Waals surface area contributed by atoms with Crippen LogP contribution in [0.3, 0.4) is 0 Å². The number of H-pyrrole nitrogens is 2. The molecule has 10 heteroatoms. The van der Waals surface area contributed by atoms with Crippen LogP contribution in [0.25, 0.3) is 11.4 Å². The molecule has 29 heavy (non-hydrogen) atoms. The monoisotopic (exact) mass is 399 g/mol. The molecular formula is C19H18FN5O4. The van der Waals surface area contributed by atoms with Gasteiger partial charge in [0.15, 0.2) is 0 Å². The number of carbonyl (C=O) groups excluding carboxylic acids is 1. The Hall–Kier alpha value is -3.56.